The summed E-state index contributed by atoms with van der Waals surface area (Å²) < 4.78 is 0. The van der Waals surface area contributed by atoms with Crippen molar-refractivity contribution in [3.8, 4) is 0 Å². The van der Waals surface area contributed by atoms with Gasteiger partial charge in [0.15, 0.2) is 0 Å². The third kappa shape index (κ3) is 3.18. The molecule has 0 amide bonds. The zero-order chi connectivity index (χ0) is 12.9. The minimum Gasteiger partial charge on any atom is -0.372 e. The third-order valence-electron chi connectivity index (χ3n) is 3.05. The van der Waals surface area contributed by atoms with Crippen LogP contribution in [-0.2, 0) is 6.42 Å². The number of amidine groups is 1. The second-order valence-electron chi connectivity index (χ2n) is 4.45. The first-order chi connectivity index (χ1) is 9.42. The Morgan fingerprint density at radius 3 is 2.58 bits per heavy atom. The molecule has 3 rings (SSSR count). The normalized spacial score (nSPS) is 14.0. The molecule has 19 heavy (non-hydrogen) atoms. The molecule has 0 bridgehead atoms. The number of hydrogen-bond donors (Lipinski definition) is 1. The highest BCUT2D eigenvalue weighted by atomic mass is 32.2. The maximum Gasteiger partial charge on any atom is 0.101 e. The molecule has 96 valence electrons. The summed E-state index contributed by atoms with van der Waals surface area (Å²) in [5.41, 5.74) is 1.34. The Labute approximate surface area is 118 Å². The van der Waals surface area contributed by atoms with Gasteiger partial charge in [-0.2, -0.15) is 0 Å². The predicted molar refractivity (Wildman–Crippen MR) is 81.0 cm³/mol. The molecule has 0 radical (unpaired) electrons. The maximum atomic E-state index is 4.48. The van der Waals surface area contributed by atoms with Crippen LogP contribution < -0.4 is 5.32 Å². The molecular weight excluding hydrogens is 252 g/mol. The molecule has 1 N–H and O–H groups in total. The topological polar surface area (TPSA) is 24.4 Å². The molecule has 0 aromatic heterocycles. The Kier molecular flexibility index (Phi) is 3.84. The van der Waals surface area contributed by atoms with Gasteiger partial charge in [0, 0.05) is 22.8 Å². The average Bonchev–Trinajstić information content (AvgIpc) is 2.95. The molecule has 1 aliphatic heterocycles. The minimum atomic E-state index is 0.899. The first-order valence-electron chi connectivity index (χ1n) is 6.50. The molecule has 2 nitrogen and oxygen atoms in total. The molecule has 2 aromatic rings. The zero-order valence-corrected chi connectivity index (χ0v) is 11.5. The zero-order valence-electron chi connectivity index (χ0n) is 10.7. The summed E-state index contributed by atoms with van der Waals surface area (Å²) >= 11 is 1.81. The van der Waals surface area contributed by atoms with Crippen molar-refractivity contribution in [1.82, 2.24) is 5.32 Å². The van der Waals surface area contributed by atoms with E-state index < -0.39 is 0 Å². The lowest BCUT2D eigenvalue weighted by molar-refractivity contribution is 0.952. The van der Waals surface area contributed by atoms with Crippen LogP contribution in [0.25, 0.3) is 0 Å². The smallest absolute Gasteiger partial charge is 0.101 e. The van der Waals surface area contributed by atoms with E-state index in [0.717, 1.165) is 25.3 Å². The highest BCUT2D eigenvalue weighted by Crippen LogP contribution is 2.30. The average molecular weight is 268 g/mol. The third-order valence-corrected chi connectivity index (χ3v) is 4.17. The van der Waals surface area contributed by atoms with Gasteiger partial charge in [-0.25, -0.2) is 0 Å². The van der Waals surface area contributed by atoms with Gasteiger partial charge in [0.2, 0.25) is 0 Å². The molecule has 0 unspecified atom stereocenters. The number of nitrogens with zero attached hydrogens (tertiary/aromatic N) is 1. The molecule has 0 atom stereocenters. The molecule has 0 spiro atoms. The first-order valence-corrected chi connectivity index (χ1v) is 7.31. The highest BCUT2D eigenvalue weighted by molar-refractivity contribution is 7.99. The Balaban J connectivity index is 1.81. The van der Waals surface area contributed by atoms with Gasteiger partial charge >= 0.3 is 0 Å². The summed E-state index contributed by atoms with van der Waals surface area (Å²) in [7, 11) is 0. The van der Waals surface area contributed by atoms with E-state index in [1.807, 2.05) is 17.8 Å². The van der Waals surface area contributed by atoms with Crippen LogP contribution >= 0.6 is 11.8 Å². The van der Waals surface area contributed by atoms with Crippen molar-refractivity contribution in [2.45, 2.75) is 16.2 Å². The predicted octanol–water partition coefficient (Wildman–Crippen LogP) is 3.38. The summed E-state index contributed by atoms with van der Waals surface area (Å²) in [6, 6.07) is 19.1. The number of nitrogens with one attached hydrogen (secondary N) is 1. The molecule has 0 fully saturated rings. The van der Waals surface area contributed by atoms with Crippen molar-refractivity contribution in [2.24, 2.45) is 4.99 Å². The molecule has 0 saturated carbocycles. The molecule has 2 aromatic carbocycles. The van der Waals surface area contributed by atoms with E-state index in [-0.39, 0.29) is 0 Å². The van der Waals surface area contributed by atoms with Gasteiger partial charge in [-0.15, -0.1) is 0 Å². The SMILES string of the molecule is c1ccc(Sc2ccccc2CC2=NCCN2)cc1. The minimum absolute atomic E-state index is 0.899. The van der Waals surface area contributed by atoms with Gasteiger partial charge in [0.25, 0.3) is 0 Å². The van der Waals surface area contributed by atoms with Gasteiger partial charge in [0.05, 0.1) is 6.54 Å². The van der Waals surface area contributed by atoms with Crippen molar-refractivity contribution >= 4 is 17.6 Å². The first kappa shape index (κ1) is 12.3. The fourth-order valence-corrected chi connectivity index (χ4v) is 3.08. The molecule has 1 aliphatic rings. The van der Waals surface area contributed by atoms with Crippen molar-refractivity contribution in [1.29, 1.82) is 0 Å². The summed E-state index contributed by atoms with van der Waals surface area (Å²) in [4.78, 5) is 7.06. The summed E-state index contributed by atoms with van der Waals surface area (Å²) in [6.45, 7) is 1.88. The van der Waals surface area contributed by atoms with Crippen LogP contribution in [0.15, 0.2) is 69.4 Å². The van der Waals surface area contributed by atoms with E-state index in [0.29, 0.717) is 0 Å². The molecular formula is C16H16N2S. The van der Waals surface area contributed by atoms with Crippen LogP contribution in [0.2, 0.25) is 0 Å². The van der Waals surface area contributed by atoms with E-state index in [9.17, 15) is 0 Å². The summed E-state index contributed by atoms with van der Waals surface area (Å²) in [6.07, 6.45) is 0.899. The molecule has 1 heterocycles. The Hall–Kier alpha value is -1.74. The number of rotatable bonds is 4. The van der Waals surface area contributed by atoms with E-state index in [1.165, 1.54) is 15.4 Å². The number of aliphatic imine (C=N–C) groups is 1. The van der Waals surface area contributed by atoms with Crippen molar-refractivity contribution < 1.29 is 0 Å². The molecule has 0 aliphatic carbocycles. The Morgan fingerprint density at radius 1 is 1.00 bits per heavy atom. The van der Waals surface area contributed by atoms with Gasteiger partial charge in [-0.05, 0) is 23.8 Å². The summed E-state index contributed by atoms with van der Waals surface area (Å²) in [5, 5.41) is 3.34. The van der Waals surface area contributed by atoms with E-state index in [1.54, 1.807) is 0 Å². The van der Waals surface area contributed by atoms with Crippen LogP contribution in [0.5, 0.6) is 0 Å². The van der Waals surface area contributed by atoms with Crippen LogP contribution in [-0.4, -0.2) is 18.9 Å². The lowest BCUT2D eigenvalue weighted by Gasteiger charge is -2.09. The second kappa shape index (κ2) is 5.93. The highest BCUT2D eigenvalue weighted by Gasteiger charge is 2.09. The Morgan fingerprint density at radius 2 is 1.79 bits per heavy atom. The number of benzene rings is 2. The summed E-state index contributed by atoms with van der Waals surface area (Å²) in [5.74, 6) is 1.11. The van der Waals surface area contributed by atoms with Crippen LogP contribution in [0.1, 0.15) is 5.56 Å². The van der Waals surface area contributed by atoms with Crippen molar-refractivity contribution in [2.75, 3.05) is 13.1 Å². The van der Waals surface area contributed by atoms with Gasteiger partial charge in [-0.1, -0.05) is 48.2 Å². The van der Waals surface area contributed by atoms with Gasteiger partial charge in [0.1, 0.15) is 5.84 Å². The second-order valence-corrected chi connectivity index (χ2v) is 5.57. The van der Waals surface area contributed by atoms with Crippen LogP contribution in [0.3, 0.4) is 0 Å². The fourth-order valence-electron chi connectivity index (χ4n) is 2.11. The largest absolute Gasteiger partial charge is 0.372 e. The lowest BCUT2D eigenvalue weighted by Crippen LogP contribution is -2.20. The van der Waals surface area contributed by atoms with E-state index >= 15 is 0 Å². The van der Waals surface area contributed by atoms with Crippen molar-refractivity contribution in [3.05, 3.63) is 60.2 Å². The molecule has 3 heteroatoms. The lowest BCUT2D eigenvalue weighted by atomic mass is 10.1. The van der Waals surface area contributed by atoms with E-state index in [2.05, 4.69) is 58.8 Å². The number of hydrogen-bond acceptors (Lipinski definition) is 3. The van der Waals surface area contributed by atoms with Crippen LogP contribution in [0, 0.1) is 0 Å². The van der Waals surface area contributed by atoms with Crippen LogP contribution in [0.4, 0.5) is 0 Å². The van der Waals surface area contributed by atoms with Crippen molar-refractivity contribution in [3.63, 3.8) is 0 Å². The standard InChI is InChI=1S/C16H16N2S/c1-2-7-14(8-3-1)19-15-9-5-4-6-13(15)12-16-17-10-11-18-16/h1-9H,10-12H2,(H,17,18). The fraction of sp³-hybridized carbons (Fsp3) is 0.188. The molecule has 0 saturated heterocycles. The van der Waals surface area contributed by atoms with Gasteiger partial charge < -0.3 is 5.32 Å². The monoisotopic (exact) mass is 268 g/mol. The van der Waals surface area contributed by atoms with E-state index in [4.69, 9.17) is 0 Å². The Bertz CT molecular complexity index is 578. The van der Waals surface area contributed by atoms with Gasteiger partial charge in [-0.3, -0.25) is 4.99 Å². The quantitative estimate of drug-likeness (QED) is 0.919. The maximum absolute atomic E-state index is 4.48.